The van der Waals surface area contributed by atoms with E-state index in [1.165, 1.54) is 13.4 Å². The van der Waals surface area contributed by atoms with E-state index in [1.54, 1.807) is 6.07 Å². The van der Waals surface area contributed by atoms with Gasteiger partial charge in [-0.05, 0) is 55.9 Å². The maximum absolute atomic E-state index is 11.9. The summed E-state index contributed by atoms with van der Waals surface area (Å²) in [7, 11) is -1.65. The molecular formula is C20H24N2O5S. The van der Waals surface area contributed by atoms with E-state index >= 15 is 0 Å². The second kappa shape index (κ2) is 8.26. The minimum absolute atomic E-state index is 0.0700. The zero-order chi connectivity index (χ0) is 20.3. The maximum Gasteiger partial charge on any atom is 0.337 e. The number of rotatable bonds is 6. The van der Waals surface area contributed by atoms with Crippen LogP contribution in [0.15, 0.2) is 18.2 Å². The number of carbonyl (C=O) groups is 1. The number of benzene rings is 1. The van der Waals surface area contributed by atoms with Crippen LogP contribution in [0.25, 0.3) is 11.1 Å². The van der Waals surface area contributed by atoms with Crippen molar-refractivity contribution in [2.45, 2.75) is 32.6 Å². The molecule has 1 heterocycles. The molecule has 8 heteroatoms. The minimum atomic E-state index is -3.01. The van der Waals surface area contributed by atoms with Gasteiger partial charge in [0.05, 0.1) is 36.4 Å². The van der Waals surface area contributed by atoms with Crippen LogP contribution >= 0.6 is 0 Å². The van der Waals surface area contributed by atoms with Crippen molar-refractivity contribution in [2.24, 2.45) is 0 Å². The monoisotopic (exact) mass is 404 g/mol. The standard InChI is InChI=1S/C20H24N2O5S/c1-13-18-16-12-15(19(23)26-2)9-8-14(16)6-4-7-17(18)22-20(21-13)27-10-5-11-28(3,24)25/h8-9,12H,4-7,10-11H2,1-3H3. The predicted molar refractivity (Wildman–Crippen MR) is 105 cm³/mol. The van der Waals surface area contributed by atoms with Crippen LogP contribution in [-0.4, -0.2) is 50.1 Å². The Morgan fingerprint density at radius 1 is 1.21 bits per heavy atom. The summed E-state index contributed by atoms with van der Waals surface area (Å²) in [5.74, 6) is -0.307. The Bertz CT molecular complexity index is 1000. The van der Waals surface area contributed by atoms with E-state index in [1.807, 2.05) is 19.1 Å². The first-order valence-corrected chi connectivity index (χ1v) is 11.2. The molecule has 0 bridgehead atoms. The number of aryl methyl sites for hydroxylation is 3. The fourth-order valence-corrected chi connectivity index (χ4v) is 4.05. The van der Waals surface area contributed by atoms with Crippen molar-refractivity contribution in [1.29, 1.82) is 0 Å². The van der Waals surface area contributed by atoms with Crippen LogP contribution in [-0.2, 0) is 27.4 Å². The van der Waals surface area contributed by atoms with E-state index in [0.29, 0.717) is 12.0 Å². The van der Waals surface area contributed by atoms with Crippen LogP contribution in [0.3, 0.4) is 0 Å². The van der Waals surface area contributed by atoms with Crippen molar-refractivity contribution >= 4 is 15.8 Å². The fraction of sp³-hybridized carbons (Fsp3) is 0.450. The van der Waals surface area contributed by atoms with Gasteiger partial charge in [-0.2, -0.15) is 9.97 Å². The molecule has 0 aliphatic heterocycles. The number of hydrogen-bond acceptors (Lipinski definition) is 7. The Kier molecular flexibility index (Phi) is 5.98. The Balaban J connectivity index is 1.90. The van der Waals surface area contributed by atoms with Crippen molar-refractivity contribution in [2.75, 3.05) is 25.7 Å². The lowest BCUT2D eigenvalue weighted by Gasteiger charge is -2.14. The molecule has 7 nitrogen and oxygen atoms in total. The Morgan fingerprint density at radius 2 is 2.00 bits per heavy atom. The summed E-state index contributed by atoms with van der Waals surface area (Å²) in [6.07, 6.45) is 4.19. The summed E-state index contributed by atoms with van der Waals surface area (Å²) in [4.78, 5) is 21.0. The number of fused-ring (bicyclic) bond motifs is 3. The Hall–Kier alpha value is -2.48. The lowest BCUT2D eigenvalue weighted by Crippen LogP contribution is -2.10. The SMILES string of the molecule is COC(=O)c1ccc2c(c1)-c1c(C)nc(OCCCS(C)(=O)=O)nc1CCC2. The van der Waals surface area contributed by atoms with Crippen molar-refractivity contribution in [3.8, 4) is 17.1 Å². The van der Waals surface area contributed by atoms with Gasteiger partial charge in [-0.15, -0.1) is 0 Å². The summed E-state index contributed by atoms with van der Waals surface area (Å²) in [6, 6.07) is 5.85. The molecule has 1 aliphatic rings. The van der Waals surface area contributed by atoms with E-state index in [9.17, 15) is 13.2 Å². The minimum Gasteiger partial charge on any atom is -0.465 e. The molecule has 1 aromatic heterocycles. The summed E-state index contributed by atoms with van der Waals surface area (Å²) in [5, 5.41) is 0. The van der Waals surface area contributed by atoms with Crippen LogP contribution < -0.4 is 4.74 Å². The van der Waals surface area contributed by atoms with Gasteiger partial charge in [0.25, 0.3) is 0 Å². The van der Waals surface area contributed by atoms with Gasteiger partial charge < -0.3 is 9.47 Å². The molecule has 28 heavy (non-hydrogen) atoms. The number of nitrogens with zero attached hydrogens (tertiary/aromatic N) is 2. The number of esters is 1. The Labute approximate surface area is 165 Å². The molecule has 150 valence electrons. The van der Waals surface area contributed by atoms with Crippen LogP contribution in [0, 0.1) is 6.92 Å². The third-order valence-electron chi connectivity index (χ3n) is 4.69. The van der Waals surface area contributed by atoms with Crippen molar-refractivity contribution in [3.05, 3.63) is 40.7 Å². The van der Waals surface area contributed by atoms with Gasteiger partial charge in [0.2, 0.25) is 0 Å². The van der Waals surface area contributed by atoms with Crippen LogP contribution in [0.1, 0.15) is 40.2 Å². The number of aromatic nitrogens is 2. The number of hydrogen-bond donors (Lipinski definition) is 0. The smallest absolute Gasteiger partial charge is 0.337 e. The highest BCUT2D eigenvalue weighted by atomic mass is 32.2. The molecule has 1 aliphatic carbocycles. The fourth-order valence-electron chi connectivity index (χ4n) is 3.40. The van der Waals surface area contributed by atoms with E-state index in [4.69, 9.17) is 9.47 Å². The van der Waals surface area contributed by atoms with E-state index < -0.39 is 9.84 Å². The van der Waals surface area contributed by atoms with Crippen LogP contribution in [0.4, 0.5) is 0 Å². The molecule has 0 unspecified atom stereocenters. The molecule has 0 atom stereocenters. The Morgan fingerprint density at radius 3 is 2.71 bits per heavy atom. The summed E-state index contributed by atoms with van der Waals surface area (Å²) < 4.78 is 32.9. The topological polar surface area (TPSA) is 95.5 Å². The molecule has 0 N–H and O–H groups in total. The van der Waals surface area contributed by atoms with Gasteiger partial charge in [-0.25, -0.2) is 13.2 Å². The first-order valence-electron chi connectivity index (χ1n) is 9.18. The van der Waals surface area contributed by atoms with Gasteiger partial charge in [-0.3, -0.25) is 0 Å². The lowest BCUT2D eigenvalue weighted by atomic mass is 9.95. The van der Waals surface area contributed by atoms with Crippen molar-refractivity contribution in [3.63, 3.8) is 0 Å². The second-order valence-corrected chi connectivity index (χ2v) is 9.22. The number of sulfone groups is 1. The molecular weight excluding hydrogens is 380 g/mol. The van der Waals surface area contributed by atoms with Gasteiger partial charge in [0, 0.05) is 11.8 Å². The summed E-state index contributed by atoms with van der Waals surface area (Å²) in [6.45, 7) is 2.14. The van der Waals surface area contributed by atoms with E-state index in [0.717, 1.165) is 47.3 Å². The average molecular weight is 404 g/mol. The molecule has 0 amide bonds. The summed E-state index contributed by atoms with van der Waals surface area (Å²) >= 11 is 0. The molecule has 1 aromatic carbocycles. The summed E-state index contributed by atoms with van der Waals surface area (Å²) in [5.41, 5.74) is 5.19. The molecule has 2 aromatic rings. The van der Waals surface area contributed by atoms with Crippen molar-refractivity contribution < 1.29 is 22.7 Å². The molecule has 0 saturated heterocycles. The number of methoxy groups -OCH3 is 1. The average Bonchev–Trinajstić information content (AvgIpc) is 2.82. The first-order chi connectivity index (χ1) is 13.3. The van der Waals surface area contributed by atoms with Gasteiger partial charge in [-0.1, -0.05) is 6.07 Å². The highest BCUT2D eigenvalue weighted by molar-refractivity contribution is 7.90. The maximum atomic E-state index is 11.9. The molecule has 0 saturated carbocycles. The van der Waals surface area contributed by atoms with Crippen LogP contribution in [0.2, 0.25) is 0 Å². The highest BCUT2D eigenvalue weighted by Gasteiger charge is 2.21. The molecule has 0 fully saturated rings. The lowest BCUT2D eigenvalue weighted by molar-refractivity contribution is 0.0600. The second-order valence-electron chi connectivity index (χ2n) is 6.96. The quantitative estimate of drug-likeness (QED) is 0.539. The third kappa shape index (κ3) is 4.67. The number of ether oxygens (including phenoxy) is 2. The first kappa shape index (κ1) is 20.3. The molecule has 0 spiro atoms. The molecule has 3 rings (SSSR count). The van der Waals surface area contributed by atoms with Crippen molar-refractivity contribution in [1.82, 2.24) is 9.97 Å². The van der Waals surface area contributed by atoms with Gasteiger partial charge >= 0.3 is 12.0 Å². The zero-order valence-electron chi connectivity index (χ0n) is 16.3. The van der Waals surface area contributed by atoms with Gasteiger partial charge in [0.1, 0.15) is 9.84 Å². The van der Waals surface area contributed by atoms with E-state index in [-0.39, 0.29) is 24.3 Å². The predicted octanol–water partition coefficient (Wildman–Crippen LogP) is 2.54. The number of carbonyl (C=O) groups excluding carboxylic acids is 1. The largest absolute Gasteiger partial charge is 0.465 e. The highest BCUT2D eigenvalue weighted by Crippen LogP contribution is 2.35. The van der Waals surface area contributed by atoms with E-state index in [2.05, 4.69) is 9.97 Å². The van der Waals surface area contributed by atoms with Crippen LogP contribution in [0.5, 0.6) is 6.01 Å². The molecule has 0 radical (unpaired) electrons. The normalized spacial score (nSPS) is 13.2. The third-order valence-corrected chi connectivity index (χ3v) is 5.73. The zero-order valence-corrected chi connectivity index (χ0v) is 17.1. The van der Waals surface area contributed by atoms with Gasteiger partial charge in [0.15, 0.2) is 0 Å².